The van der Waals surface area contributed by atoms with Gasteiger partial charge in [0.1, 0.15) is 6.10 Å². The fourth-order valence-corrected chi connectivity index (χ4v) is 6.61. The molecule has 174 valence electrons. The molecule has 0 aromatic carbocycles. The molecule has 0 bridgehead atoms. The summed E-state index contributed by atoms with van der Waals surface area (Å²) in [7, 11) is 0. The lowest BCUT2D eigenvalue weighted by Gasteiger charge is -2.60. The number of fused-ring (bicyclic) bond motifs is 1. The van der Waals surface area contributed by atoms with Crippen LogP contribution in [0.1, 0.15) is 57.8 Å². The second-order valence-corrected chi connectivity index (χ2v) is 10.5. The van der Waals surface area contributed by atoms with Gasteiger partial charge in [0.2, 0.25) is 5.91 Å². The van der Waals surface area contributed by atoms with Crippen molar-refractivity contribution in [1.82, 2.24) is 10.6 Å². The average Bonchev–Trinajstić information content (AvgIpc) is 3.25. The summed E-state index contributed by atoms with van der Waals surface area (Å²) in [5.74, 6) is -0.228. The minimum absolute atomic E-state index is 0.0386. The van der Waals surface area contributed by atoms with Crippen molar-refractivity contribution in [3.05, 3.63) is 22.4 Å². The first-order valence-electron chi connectivity index (χ1n) is 11.3. The zero-order valence-corrected chi connectivity index (χ0v) is 19.5. The van der Waals surface area contributed by atoms with Crippen LogP contribution in [0.4, 0.5) is 4.79 Å². The van der Waals surface area contributed by atoms with Gasteiger partial charge in [-0.15, -0.1) is 11.3 Å². The van der Waals surface area contributed by atoms with Gasteiger partial charge in [0, 0.05) is 23.3 Å². The first-order valence-corrected chi connectivity index (χ1v) is 12.1. The number of hydrogen-bond donors (Lipinski definition) is 4. The Hall–Kier alpha value is -1.64. The lowest BCUT2D eigenvalue weighted by molar-refractivity contribution is -0.185. The van der Waals surface area contributed by atoms with Crippen molar-refractivity contribution in [2.75, 3.05) is 13.2 Å². The van der Waals surface area contributed by atoms with Crippen LogP contribution in [0.15, 0.2) is 17.5 Å². The standard InChI is InChI=1S/C23H36N2O5S/c1-4-24-21(29)30-19-9-10-22(2)16(12-20(28)25-13-15-6-5-11-31-15)17(27)7-8-18(22)23(19,3)14-26/h5-6,11,16-19,26-27H,4,7-10,12-14H2,1-3H3,(H,24,29)(H,25,28)/t16-,17-,18-,19-,22+,23+/m1/s1. The van der Waals surface area contributed by atoms with E-state index in [1.807, 2.05) is 31.4 Å². The number of thiophene rings is 1. The number of rotatable bonds is 7. The summed E-state index contributed by atoms with van der Waals surface area (Å²) in [6.45, 7) is 6.82. The van der Waals surface area contributed by atoms with E-state index in [0.717, 1.165) is 17.7 Å². The smallest absolute Gasteiger partial charge is 0.407 e. The Bertz CT molecular complexity index is 757. The van der Waals surface area contributed by atoms with Crippen LogP contribution in [0.2, 0.25) is 0 Å². The van der Waals surface area contributed by atoms with Gasteiger partial charge in [-0.1, -0.05) is 19.9 Å². The molecule has 3 rings (SSSR count). The van der Waals surface area contributed by atoms with Crippen molar-refractivity contribution >= 4 is 23.3 Å². The zero-order chi connectivity index (χ0) is 22.6. The average molecular weight is 453 g/mol. The van der Waals surface area contributed by atoms with E-state index >= 15 is 0 Å². The molecule has 31 heavy (non-hydrogen) atoms. The molecule has 4 N–H and O–H groups in total. The predicted molar refractivity (Wildman–Crippen MR) is 119 cm³/mol. The van der Waals surface area contributed by atoms with Crippen LogP contribution in [0.3, 0.4) is 0 Å². The molecular formula is C23H36N2O5S. The number of nitrogens with one attached hydrogen (secondary N) is 2. The zero-order valence-electron chi connectivity index (χ0n) is 18.7. The fourth-order valence-electron chi connectivity index (χ4n) is 5.97. The van der Waals surface area contributed by atoms with Crippen LogP contribution < -0.4 is 10.6 Å². The summed E-state index contributed by atoms with van der Waals surface area (Å²) in [5, 5.41) is 28.9. The van der Waals surface area contributed by atoms with Gasteiger partial charge < -0.3 is 25.6 Å². The Kier molecular flexibility index (Phi) is 7.65. The quantitative estimate of drug-likeness (QED) is 0.509. The van der Waals surface area contributed by atoms with Crippen molar-refractivity contribution in [1.29, 1.82) is 0 Å². The van der Waals surface area contributed by atoms with Gasteiger partial charge in [0.25, 0.3) is 0 Å². The van der Waals surface area contributed by atoms with Crippen molar-refractivity contribution in [2.24, 2.45) is 22.7 Å². The van der Waals surface area contributed by atoms with E-state index in [0.29, 0.717) is 25.9 Å². The molecule has 7 nitrogen and oxygen atoms in total. The topological polar surface area (TPSA) is 108 Å². The summed E-state index contributed by atoms with van der Waals surface area (Å²) in [6.07, 6.45) is 1.48. The molecule has 2 aliphatic rings. The highest BCUT2D eigenvalue weighted by molar-refractivity contribution is 7.09. The Labute approximate surface area is 188 Å². The largest absolute Gasteiger partial charge is 0.446 e. The Morgan fingerprint density at radius 2 is 2.03 bits per heavy atom. The summed E-state index contributed by atoms with van der Waals surface area (Å²) in [6, 6.07) is 3.94. The van der Waals surface area contributed by atoms with Gasteiger partial charge in [-0.25, -0.2) is 4.79 Å². The van der Waals surface area contributed by atoms with E-state index in [1.165, 1.54) is 0 Å². The highest BCUT2D eigenvalue weighted by Gasteiger charge is 2.60. The molecule has 1 aromatic heterocycles. The van der Waals surface area contributed by atoms with Gasteiger partial charge in [-0.05, 0) is 61.3 Å². The molecule has 2 saturated carbocycles. The lowest BCUT2D eigenvalue weighted by Crippen LogP contribution is -2.61. The van der Waals surface area contributed by atoms with Crippen LogP contribution in [0.5, 0.6) is 0 Å². The molecular weight excluding hydrogens is 416 g/mol. The molecule has 1 heterocycles. The monoisotopic (exact) mass is 452 g/mol. The third kappa shape index (κ3) is 4.91. The molecule has 8 heteroatoms. The second kappa shape index (κ2) is 9.88. The molecule has 0 spiro atoms. The van der Waals surface area contributed by atoms with Gasteiger partial charge >= 0.3 is 6.09 Å². The number of hydrogen-bond acceptors (Lipinski definition) is 6. The van der Waals surface area contributed by atoms with Crippen molar-refractivity contribution in [2.45, 2.75) is 71.6 Å². The van der Waals surface area contributed by atoms with Crippen LogP contribution in [0.25, 0.3) is 0 Å². The second-order valence-electron chi connectivity index (χ2n) is 9.50. The van der Waals surface area contributed by atoms with E-state index in [-0.39, 0.29) is 36.2 Å². The first kappa shape index (κ1) is 24.0. The van der Waals surface area contributed by atoms with Gasteiger partial charge in [0.15, 0.2) is 0 Å². The maximum Gasteiger partial charge on any atom is 0.407 e. The van der Waals surface area contributed by atoms with Gasteiger partial charge in [0.05, 0.1) is 19.3 Å². The van der Waals surface area contributed by atoms with Crippen LogP contribution in [-0.2, 0) is 16.1 Å². The number of carbonyl (C=O) groups excluding carboxylic acids is 2. The maximum atomic E-state index is 12.7. The molecule has 1 aromatic rings. The number of aliphatic hydroxyl groups excluding tert-OH is 2. The molecule has 2 aliphatic carbocycles. The molecule has 2 amide bonds. The van der Waals surface area contributed by atoms with Gasteiger partial charge in [-0.3, -0.25) is 4.79 Å². The summed E-state index contributed by atoms with van der Waals surface area (Å²) in [5.41, 5.74) is -0.944. The normalized spacial score (nSPS) is 35.1. The Morgan fingerprint density at radius 1 is 1.26 bits per heavy atom. The molecule has 2 fully saturated rings. The first-order chi connectivity index (χ1) is 14.7. The van der Waals surface area contributed by atoms with E-state index in [1.54, 1.807) is 11.3 Å². The Morgan fingerprint density at radius 3 is 2.68 bits per heavy atom. The van der Waals surface area contributed by atoms with Crippen LogP contribution in [0, 0.1) is 22.7 Å². The third-order valence-corrected chi connectivity index (χ3v) is 8.57. The molecule has 6 atom stereocenters. The molecule has 0 unspecified atom stereocenters. The highest BCUT2D eigenvalue weighted by atomic mass is 32.1. The fraction of sp³-hybridized carbons (Fsp3) is 0.739. The maximum absolute atomic E-state index is 12.7. The summed E-state index contributed by atoms with van der Waals surface area (Å²) in [4.78, 5) is 25.9. The van der Waals surface area contributed by atoms with Crippen molar-refractivity contribution < 1.29 is 24.5 Å². The van der Waals surface area contributed by atoms with E-state index in [4.69, 9.17) is 4.74 Å². The minimum Gasteiger partial charge on any atom is -0.446 e. The summed E-state index contributed by atoms with van der Waals surface area (Å²) < 4.78 is 5.70. The minimum atomic E-state index is -0.621. The summed E-state index contributed by atoms with van der Waals surface area (Å²) >= 11 is 1.60. The van der Waals surface area contributed by atoms with Crippen molar-refractivity contribution in [3.63, 3.8) is 0 Å². The number of aliphatic hydroxyl groups is 2. The Balaban J connectivity index is 1.74. The number of amides is 2. The SMILES string of the molecule is CCNC(=O)O[C@@H]1CC[C@]2(C)[C@@H](CC[C@@H](O)[C@H]2CC(=O)NCc2cccs2)[C@]1(C)CO. The predicted octanol–water partition coefficient (Wildman–Crippen LogP) is 3.05. The highest BCUT2D eigenvalue weighted by Crippen LogP contribution is 2.61. The van der Waals surface area contributed by atoms with E-state index in [2.05, 4.69) is 17.6 Å². The molecule has 0 aliphatic heterocycles. The van der Waals surface area contributed by atoms with E-state index < -0.39 is 23.7 Å². The van der Waals surface area contributed by atoms with E-state index in [9.17, 15) is 19.8 Å². The third-order valence-electron chi connectivity index (χ3n) is 7.69. The number of ether oxygens (including phenoxy) is 1. The van der Waals surface area contributed by atoms with Crippen LogP contribution in [-0.4, -0.2) is 47.6 Å². The molecule has 0 saturated heterocycles. The number of carbonyl (C=O) groups is 2. The number of alkyl carbamates (subject to hydrolysis) is 1. The van der Waals surface area contributed by atoms with Gasteiger partial charge in [-0.2, -0.15) is 0 Å². The van der Waals surface area contributed by atoms with Crippen molar-refractivity contribution in [3.8, 4) is 0 Å². The lowest BCUT2D eigenvalue weighted by atomic mass is 9.46. The van der Waals surface area contributed by atoms with Crippen LogP contribution >= 0.6 is 11.3 Å². The molecule has 0 radical (unpaired) electrons.